The zero-order valence-electron chi connectivity index (χ0n) is 6.85. The Bertz CT molecular complexity index is 154. The smallest absolute Gasteiger partial charge is 0.316 e. The van der Waals surface area contributed by atoms with Crippen LogP contribution in [0.2, 0.25) is 0 Å². The maximum atomic E-state index is 11.2. The molecule has 4 nitrogen and oxygen atoms in total. The minimum absolute atomic E-state index is 0.182. The van der Waals surface area contributed by atoms with Crippen molar-refractivity contribution in [3.63, 3.8) is 0 Å². The summed E-state index contributed by atoms with van der Waals surface area (Å²) in [6.45, 7) is 1.76. The van der Waals surface area contributed by atoms with Gasteiger partial charge in [-0.2, -0.15) is 0 Å². The minimum Gasteiger partial charge on any atom is -0.468 e. The zero-order valence-corrected chi connectivity index (χ0v) is 6.85. The average Bonchev–Trinajstić information content (AvgIpc) is 1.95. The van der Waals surface area contributed by atoms with Gasteiger partial charge in [0, 0.05) is 20.2 Å². The fourth-order valence-corrected chi connectivity index (χ4v) is 1.22. The first kappa shape index (κ1) is 8.49. The molecule has 64 valence electrons. The first-order valence-electron chi connectivity index (χ1n) is 3.53. The average molecular weight is 159 g/mol. The fraction of sp³-hybridized carbons (Fsp3) is 0.857. The van der Waals surface area contributed by atoms with E-state index in [2.05, 4.69) is 10.1 Å². The molecule has 1 rings (SSSR count). The molecule has 1 aliphatic heterocycles. The van der Waals surface area contributed by atoms with Crippen LogP contribution in [-0.4, -0.2) is 39.9 Å². The molecule has 11 heavy (non-hydrogen) atoms. The van der Waals surface area contributed by atoms with Gasteiger partial charge in [-0.3, -0.25) is 4.79 Å². The Kier molecular flexibility index (Phi) is 2.46. The summed E-state index contributed by atoms with van der Waals surface area (Å²) in [5, 5.41) is 3.02. The Morgan fingerprint density at radius 3 is 2.45 bits per heavy atom. The molecule has 1 fully saturated rings. The van der Waals surface area contributed by atoms with Crippen LogP contribution in [0.15, 0.2) is 0 Å². The molecule has 0 aromatic rings. The van der Waals surface area contributed by atoms with Crippen LogP contribution in [0.4, 0.5) is 0 Å². The van der Waals surface area contributed by atoms with Crippen molar-refractivity contribution in [3.8, 4) is 0 Å². The molecule has 0 aliphatic carbocycles. The number of ether oxygens (including phenoxy) is 2. The van der Waals surface area contributed by atoms with Crippen molar-refractivity contribution in [1.29, 1.82) is 0 Å². The summed E-state index contributed by atoms with van der Waals surface area (Å²) in [6, 6.07) is 0. The normalized spacial score (nSPS) is 20.5. The second kappa shape index (κ2) is 3.19. The summed E-state index contributed by atoms with van der Waals surface area (Å²) in [5.74, 6) is -0.182. The molecule has 4 heteroatoms. The third-order valence-corrected chi connectivity index (χ3v) is 1.97. The molecule has 1 saturated heterocycles. The highest BCUT2D eigenvalue weighted by atomic mass is 16.5. The van der Waals surface area contributed by atoms with Crippen LogP contribution < -0.4 is 5.32 Å². The second-order valence-corrected chi connectivity index (χ2v) is 2.81. The van der Waals surface area contributed by atoms with Crippen LogP contribution in [0.1, 0.15) is 0 Å². The van der Waals surface area contributed by atoms with E-state index in [1.54, 1.807) is 7.11 Å². The summed E-state index contributed by atoms with van der Waals surface area (Å²) >= 11 is 0. The number of nitrogens with one attached hydrogen (secondary N) is 1. The van der Waals surface area contributed by atoms with Gasteiger partial charge in [0.1, 0.15) is 5.41 Å². The van der Waals surface area contributed by atoms with Gasteiger partial charge in [-0.25, -0.2) is 0 Å². The van der Waals surface area contributed by atoms with Crippen LogP contribution in [0, 0.1) is 5.41 Å². The van der Waals surface area contributed by atoms with Crippen LogP contribution >= 0.6 is 0 Å². The molecule has 1 heterocycles. The number of rotatable bonds is 3. The molecular weight excluding hydrogens is 146 g/mol. The molecule has 0 amide bonds. The molecular formula is C7H13NO3. The van der Waals surface area contributed by atoms with Crippen LogP contribution in [-0.2, 0) is 14.3 Å². The molecule has 0 radical (unpaired) electrons. The van der Waals surface area contributed by atoms with Crippen molar-refractivity contribution in [2.45, 2.75) is 0 Å². The summed E-state index contributed by atoms with van der Waals surface area (Å²) in [7, 11) is 2.99. The van der Waals surface area contributed by atoms with Crippen molar-refractivity contribution < 1.29 is 14.3 Å². The predicted molar refractivity (Wildman–Crippen MR) is 39.2 cm³/mol. The predicted octanol–water partition coefficient (Wildman–Crippen LogP) is -0.605. The van der Waals surface area contributed by atoms with E-state index in [0.29, 0.717) is 19.7 Å². The number of methoxy groups -OCH3 is 2. The van der Waals surface area contributed by atoms with Gasteiger partial charge in [0.05, 0.1) is 13.7 Å². The Morgan fingerprint density at radius 2 is 2.18 bits per heavy atom. The van der Waals surface area contributed by atoms with Crippen LogP contribution in [0.5, 0.6) is 0 Å². The van der Waals surface area contributed by atoms with E-state index < -0.39 is 5.41 Å². The van der Waals surface area contributed by atoms with E-state index in [0.717, 1.165) is 0 Å². The molecule has 0 aromatic carbocycles. The molecule has 0 bridgehead atoms. The molecule has 0 spiro atoms. The number of hydrogen-bond donors (Lipinski definition) is 1. The summed E-state index contributed by atoms with van der Waals surface area (Å²) in [5.41, 5.74) is -0.413. The maximum absolute atomic E-state index is 11.2. The Hall–Kier alpha value is -0.610. The Balaban J connectivity index is 2.52. The molecule has 0 atom stereocenters. The number of carbonyl (C=O) groups is 1. The summed E-state index contributed by atoms with van der Waals surface area (Å²) in [4.78, 5) is 11.2. The lowest BCUT2D eigenvalue weighted by atomic mass is 9.83. The summed E-state index contributed by atoms with van der Waals surface area (Å²) < 4.78 is 9.58. The highest BCUT2D eigenvalue weighted by Gasteiger charge is 2.45. The van der Waals surface area contributed by atoms with Crippen LogP contribution in [0.3, 0.4) is 0 Å². The van der Waals surface area contributed by atoms with E-state index in [1.165, 1.54) is 7.11 Å². The lowest BCUT2D eigenvalue weighted by Crippen LogP contribution is -2.60. The van der Waals surface area contributed by atoms with E-state index >= 15 is 0 Å². The Morgan fingerprint density at radius 1 is 1.55 bits per heavy atom. The quantitative estimate of drug-likeness (QED) is 0.558. The topological polar surface area (TPSA) is 47.6 Å². The fourth-order valence-electron chi connectivity index (χ4n) is 1.22. The van der Waals surface area contributed by atoms with Gasteiger partial charge in [-0.05, 0) is 0 Å². The first-order valence-corrected chi connectivity index (χ1v) is 3.53. The first-order chi connectivity index (χ1) is 5.25. The van der Waals surface area contributed by atoms with Gasteiger partial charge >= 0.3 is 5.97 Å². The van der Waals surface area contributed by atoms with Gasteiger partial charge in [-0.15, -0.1) is 0 Å². The van der Waals surface area contributed by atoms with E-state index in [4.69, 9.17) is 4.74 Å². The van der Waals surface area contributed by atoms with Crippen LogP contribution in [0.25, 0.3) is 0 Å². The van der Waals surface area contributed by atoms with Gasteiger partial charge in [-0.1, -0.05) is 0 Å². The van der Waals surface area contributed by atoms with Gasteiger partial charge < -0.3 is 14.8 Å². The Labute approximate surface area is 65.9 Å². The number of hydrogen-bond acceptors (Lipinski definition) is 4. The zero-order chi connectivity index (χ0) is 8.32. The standard InChI is InChI=1S/C7H13NO3/c1-10-5-7(3-8-4-7)6(9)11-2/h8H,3-5H2,1-2H3. The third-order valence-electron chi connectivity index (χ3n) is 1.97. The lowest BCUT2D eigenvalue weighted by Gasteiger charge is -2.38. The highest BCUT2D eigenvalue weighted by Crippen LogP contribution is 2.24. The molecule has 0 unspecified atom stereocenters. The van der Waals surface area contributed by atoms with Gasteiger partial charge in [0.2, 0.25) is 0 Å². The van der Waals surface area contributed by atoms with Gasteiger partial charge in [0.25, 0.3) is 0 Å². The monoisotopic (exact) mass is 159 g/mol. The van der Waals surface area contributed by atoms with Crippen molar-refractivity contribution in [3.05, 3.63) is 0 Å². The SMILES string of the molecule is COCC1(C(=O)OC)CNC1. The minimum atomic E-state index is -0.413. The second-order valence-electron chi connectivity index (χ2n) is 2.81. The van der Waals surface area contributed by atoms with Crippen molar-refractivity contribution in [1.82, 2.24) is 5.32 Å². The van der Waals surface area contributed by atoms with Crippen molar-refractivity contribution >= 4 is 5.97 Å². The molecule has 1 aliphatic rings. The summed E-state index contributed by atoms with van der Waals surface area (Å²) in [6.07, 6.45) is 0. The van der Waals surface area contributed by atoms with E-state index in [1.807, 2.05) is 0 Å². The maximum Gasteiger partial charge on any atom is 0.316 e. The number of carbonyl (C=O) groups excluding carboxylic acids is 1. The number of esters is 1. The van der Waals surface area contributed by atoms with E-state index in [-0.39, 0.29) is 5.97 Å². The lowest BCUT2D eigenvalue weighted by molar-refractivity contribution is -0.160. The van der Waals surface area contributed by atoms with Crippen molar-refractivity contribution in [2.75, 3.05) is 33.9 Å². The van der Waals surface area contributed by atoms with Gasteiger partial charge in [0.15, 0.2) is 0 Å². The molecule has 0 aromatic heterocycles. The molecule has 1 N–H and O–H groups in total. The third kappa shape index (κ3) is 1.36. The largest absolute Gasteiger partial charge is 0.468 e. The van der Waals surface area contributed by atoms with E-state index in [9.17, 15) is 4.79 Å². The molecule has 0 saturated carbocycles. The van der Waals surface area contributed by atoms with Crippen molar-refractivity contribution in [2.24, 2.45) is 5.41 Å². The highest BCUT2D eigenvalue weighted by molar-refractivity contribution is 5.78.